The quantitative estimate of drug-likeness (QED) is 0.204. The van der Waals surface area contributed by atoms with Gasteiger partial charge in [0.2, 0.25) is 5.69 Å². The van der Waals surface area contributed by atoms with E-state index in [2.05, 4.69) is 128 Å². The van der Waals surface area contributed by atoms with Gasteiger partial charge in [-0.1, -0.05) is 91.0 Å². The molecule has 6 aromatic rings. The van der Waals surface area contributed by atoms with Crippen LogP contribution in [0, 0.1) is 6.92 Å². The van der Waals surface area contributed by atoms with E-state index in [4.69, 9.17) is 0 Å². The number of benzene rings is 5. The minimum absolute atomic E-state index is 1.23. The second kappa shape index (κ2) is 7.32. The first-order valence-corrected chi connectivity index (χ1v) is 11.1. The maximum Gasteiger partial charge on any atom is 0.213 e. The minimum atomic E-state index is 1.23. The third kappa shape index (κ3) is 2.90. The molecule has 1 heteroatoms. The number of pyridine rings is 1. The molecule has 0 spiro atoms. The molecule has 0 saturated heterocycles. The van der Waals surface area contributed by atoms with Gasteiger partial charge in [-0.2, -0.15) is 0 Å². The predicted molar refractivity (Wildman–Crippen MR) is 136 cm³/mol. The van der Waals surface area contributed by atoms with Crippen molar-refractivity contribution in [2.45, 2.75) is 6.92 Å². The fourth-order valence-corrected chi connectivity index (χ4v) is 5.02. The van der Waals surface area contributed by atoms with Crippen LogP contribution >= 0.6 is 0 Å². The summed E-state index contributed by atoms with van der Waals surface area (Å²) in [7, 11) is 2.16. The third-order valence-electron chi connectivity index (χ3n) is 6.61. The maximum absolute atomic E-state index is 2.37. The van der Waals surface area contributed by atoms with Crippen molar-refractivity contribution in [3.05, 3.63) is 115 Å². The van der Waals surface area contributed by atoms with Gasteiger partial charge < -0.3 is 0 Å². The van der Waals surface area contributed by atoms with Crippen molar-refractivity contribution in [3.8, 4) is 22.4 Å². The van der Waals surface area contributed by atoms with E-state index in [0.717, 1.165) is 0 Å². The van der Waals surface area contributed by atoms with Crippen LogP contribution in [-0.2, 0) is 7.05 Å². The van der Waals surface area contributed by atoms with E-state index in [1.54, 1.807) is 0 Å². The van der Waals surface area contributed by atoms with Crippen molar-refractivity contribution in [2.75, 3.05) is 0 Å². The zero-order valence-corrected chi connectivity index (χ0v) is 18.3. The molecule has 6 rings (SSSR count). The van der Waals surface area contributed by atoms with Crippen molar-refractivity contribution in [3.63, 3.8) is 0 Å². The summed E-state index contributed by atoms with van der Waals surface area (Å²) in [5.74, 6) is 0. The molecule has 0 unspecified atom stereocenters. The van der Waals surface area contributed by atoms with Crippen LogP contribution in [0.3, 0.4) is 0 Å². The Bertz CT molecular complexity index is 1630. The number of hydrogen-bond donors (Lipinski definition) is 0. The highest BCUT2D eigenvalue weighted by atomic mass is 14.9. The Morgan fingerprint density at radius 1 is 0.500 bits per heavy atom. The molecule has 0 radical (unpaired) electrons. The van der Waals surface area contributed by atoms with E-state index < -0.39 is 0 Å². The van der Waals surface area contributed by atoms with Gasteiger partial charge in [0, 0.05) is 17.0 Å². The van der Waals surface area contributed by atoms with Crippen molar-refractivity contribution < 1.29 is 4.57 Å². The number of aromatic nitrogens is 1. The number of rotatable bonds is 2. The SMILES string of the molecule is Cc1cc(-c2ccccc2)ccc1-c1cc2c3ccccc3c3ccccc3c2c[n+]1C. The molecule has 0 N–H and O–H groups in total. The van der Waals surface area contributed by atoms with Gasteiger partial charge >= 0.3 is 0 Å². The molecule has 0 aliphatic heterocycles. The summed E-state index contributed by atoms with van der Waals surface area (Å²) in [4.78, 5) is 0. The number of hydrogen-bond acceptors (Lipinski definition) is 0. The Hall–Kier alpha value is -3.97. The first-order valence-electron chi connectivity index (χ1n) is 11.1. The zero-order chi connectivity index (χ0) is 21.7. The van der Waals surface area contributed by atoms with Crippen LogP contribution in [0.4, 0.5) is 0 Å². The molecule has 0 fully saturated rings. The lowest BCUT2D eigenvalue weighted by atomic mass is 9.93. The first-order chi connectivity index (χ1) is 15.7. The van der Waals surface area contributed by atoms with Gasteiger partial charge in [0.15, 0.2) is 6.20 Å². The summed E-state index contributed by atoms with van der Waals surface area (Å²) < 4.78 is 2.27. The fraction of sp³-hybridized carbons (Fsp3) is 0.0645. The average Bonchev–Trinajstić information content (AvgIpc) is 2.85. The van der Waals surface area contributed by atoms with Crippen molar-refractivity contribution in [1.29, 1.82) is 0 Å². The Labute approximate surface area is 188 Å². The van der Waals surface area contributed by atoms with E-state index in [-0.39, 0.29) is 0 Å². The Balaban J connectivity index is 1.62. The predicted octanol–water partition coefficient (Wildman–Crippen LogP) is 7.61. The van der Waals surface area contributed by atoms with Crippen molar-refractivity contribution in [1.82, 2.24) is 0 Å². The monoisotopic (exact) mass is 410 g/mol. The van der Waals surface area contributed by atoms with Gasteiger partial charge in [0.1, 0.15) is 7.05 Å². The molecule has 32 heavy (non-hydrogen) atoms. The van der Waals surface area contributed by atoms with Gasteiger partial charge in [-0.15, -0.1) is 0 Å². The second-order valence-corrected chi connectivity index (χ2v) is 8.58. The third-order valence-corrected chi connectivity index (χ3v) is 6.61. The molecule has 0 aliphatic rings. The summed E-state index contributed by atoms with van der Waals surface area (Å²) in [5, 5.41) is 7.84. The van der Waals surface area contributed by atoms with Crippen LogP contribution in [0.25, 0.3) is 54.7 Å². The van der Waals surface area contributed by atoms with Crippen LogP contribution in [0.5, 0.6) is 0 Å². The van der Waals surface area contributed by atoms with Gasteiger partial charge in [0.05, 0.1) is 5.39 Å². The van der Waals surface area contributed by atoms with Gasteiger partial charge in [-0.25, -0.2) is 4.57 Å². The van der Waals surface area contributed by atoms with Gasteiger partial charge in [-0.05, 0) is 51.2 Å². The summed E-state index contributed by atoms with van der Waals surface area (Å²) in [6.07, 6.45) is 2.30. The molecule has 5 aromatic carbocycles. The van der Waals surface area contributed by atoms with E-state index >= 15 is 0 Å². The summed E-state index contributed by atoms with van der Waals surface area (Å²) in [6, 6.07) is 37.3. The van der Waals surface area contributed by atoms with Gasteiger partial charge in [-0.3, -0.25) is 0 Å². The zero-order valence-electron chi connectivity index (χ0n) is 18.3. The molecule has 0 aliphatic carbocycles. The Morgan fingerprint density at radius 2 is 1.06 bits per heavy atom. The fourth-order valence-electron chi connectivity index (χ4n) is 5.02. The highest BCUT2D eigenvalue weighted by Gasteiger charge is 2.18. The van der Waals surface area contributed by atoms with Crippen molar-refractivity contribution in [2.24, 2.45) is 7.05 Å². The van der Waals surface area contributed by atoms with Crippen LogP contribution in [-0.4, -0.2) is 0 Å². The van der Waals surface area contributed by atoms with E-state index in [1.165, 1.54) is 60.3 Å². The van der Waals surface area contributed by atoms with E-state index in [9.17, 15) is 0 Å². The smallest absolute Gasteiger partial charge is 0.200 e. The lowest BCUT2D eigenvalue weighted by Gasteiger charge is -2.12. The number of nitrogens with zero attached hydrogens (tertiary/aromatic N) is 1. The Kier molecular flexibility index (Phi) is 4.29. The minimum Gasteiger partial charge on any atom is -0.200 e. The molecule has 1 heterocycles. The van der Waals surface area contributed by atoms with E-state index in [0.29, 0.717) is 0 Å². The summed E-state index contributed by atoms with van der Waals surface area (Å²) >= 11 is 0. The second-order valence-electron chi connectivity index (χ2n) is 8.58. The standard InChI is InChI=1S/C31H24N/c1-21-18-23(22-10-4-3-5-11-22)16-17-24(21)31-19-29-27-14-8-6-12-25(27)26-13-7-9-15-28(26)30(29)20-32(31)2/h3-20H,1-2H3/q+1. The summed E-state index contributed by atoms with van der Waals surface area (Å²) in [6.45, 7) is 2.21. The molecular formula is C31H24N+. The molecule has 0 saturated carbocycles. The molecule has 152 valence electrons. The largest absolute Gasteiger partial charge is 0.213 e. The lowest BCUT2D eigenvalue weighted by Crippen LogP contribution is -2.30. The lowest BCUT2D eigenvalue weighted by molar-refractivity contribution is -0.659. The summed E-state index contributed by atoms with van der Waals surface area (Å²) in [5.41, 5.74) is 6.29. The molecule has 0 atom stereocenters. The van der Waals surface area contributed by atoms with Crippen LogP contribution in [0.15, 0.2) is 109 Å². The first kappa shape index (κ1) is 18.8. The molecule has 0 bridgehead atoms. The maximum atomic E-state index is 2.37. The Morgan fingerprint density at radius 3 is 1.69 bits per heavy atom. The number of fused-ring (bicyclic) bond motifs is 6. The van der Waals surface area contributed by atoms with Gasteiger partial charge in [0.25, 0.3) is 0 Å². The highest BCUT2D eigenvalue weighted by molar-refractivity contribution is 6.25. The van der Waals surface area contributed by atoms with Crippen LogP contribution in [0.2, 0.25) is 0 Å². The highest BCUT2D eigenvalue weighted by Crippen LogP contribution is 2.36. The average molecular weight is 411 g/mol. The van der Waals surface area contributed by atoms with E-state index in [1.807, 2.05) is 0 Å². The molecular weight excluding hydrogens is 386 g/mol. The normalized spacial score (nSPS) is 11.4. The van der Waals surface area contributed by atoms with Crippen LogP contribution < -0.4 is 4.57 Å². The molecule has 0 amide bonds. The topological polar surface area (TPSA) is 3.88 Å². The molecule has 1 aromatic heterocycles. The van der Waals surface area contributed by atoms with Crippen LogP contribution in [0.1, 0.15) is 5.56 Å². The molecule has 1 nitrogen and oxygen atoms in total. The number of aryl methyl sites for hydroxylation is 2. The van der Waals surface area contributed by atoms with Crippen molar-refractivity contribution >= 4 is 32.3 Å².